The fourth-order valence-electron chi connectivity index (χ4n) is 3.25. The first-order valence-electron chi connectivity index (χ1n) is 7.71. The van der Waals surface area contributed by atoms with E-state index in [1.165, 1.54) is 58.6 Å². The lowest BCUT2D eigenvalue weighted by Crippen LogP contribution is -2.27. The minimum Gasteiger partial charge on any atom is -0.295 e. The highest BCUT2D eigenvalue weighted by atomic mass is 79.9. The molecule has 2 aromatic rings. The van der Waals surface area contributed by atoms with Gasteiger partial charge in [-0.25, -0.2) is 0 Å². The van der Waals surface area contributed by atoms with E-state index in [9.17, 15) is 0 Å². The van der Waals surface area contributed by atoms with Gasteiger partial charge in [0.15, 0.2) is 0 Å². The fourth-order valence-corrected chi connectivity index (χ4v) is 3.71. The Hall–Kier alpha value is -0.860. The van der Waals surface area contributed by atoms with Crippen molar-refractivity contribution in [3.8, 4) is 0 Å². The third-order valence-corrected chi connectivity index (χ3v) is 4.97. The molecule has 0 aliphatic carbocycles. The van der Waals surface area contributed by atoms with Crippen molar-refractivity contribution in [1.29, 1.82) is 0 Å². The predicted octanol–water partition coefficient (Wildman–Crippen LogP) is 5.50. The highest BCUT2D eigenvalue weighted by Gasteiger charge is 2.18. The molecule has 0 atom stereocenters. The Morgan fingerprint density at radius 2 is 1.80 bits per heavy atom. The van der Waals surface area contributed by atoms with Crippen LogP contribution in [-0.2, 0) is 13.1 Å². The van der Waals surface area contributed by atoms with E-state index in [0.717, 1.165) is 13.1 Å². The molecule has 1 nitrogen and oxygen atoms in total. The van der Waals surface area contributed by atoms with Gasteiger partial charge < -0.3 is 0 Å². The van der Waals surface area contributed by atoms with Gasteiger partial charge in [-0.2, -0.15) is 0 Å². The second-order valence-corrected chi connectivity index (χ2v) is 6.67. The minimum atomic E-state index is 1.10. The molecule has 0 unspecified atom stereocenters. The summed E-state index contributed by atoms with van der Waals surface area (Å²) in [5, 5.41) is 2.84. The van der Waals surface area contributed by atoms with Gasteiger partial charge in [0.2, 0.25) is 0 Å². The summed E-state index contributed by atoms with van der Waals surface area (Å²) in [6.45, 7) is 5.71. The lowest BCUT2D eigenvalue weighted by molar-refractivity contribution is 0.246. The Labute approximate surface area is 130 Å². The van der Waals surface area contributed by atoms with Gasteiger partial charge in [-0.3, -0.25) is 4.90 Å². The molecule has 0 amide bonds. The molecule has 2 heteroatoms. The second-order valence-electron chi connectivity index (χ2n) is 5.82. The SMILES string of the molecule is CCCCCCN1Cc2cccc3c(Br)ccc(c23)C1. The van der Waals surface area contributed by atoms with Crippen LogP contribution < -0.4 is 0 Å². The summed E-state index contributed by atoms with van der Waals surface area (Å²) in [6, 6.07) is 11.2. The van der Waals surface area contributed by atoms with Crippen LogP contribution in [0.5, 0.6) is 0 Å². The molecule has 3 rings (SSSR count). The first-order valence-corrected chi connectivity index (χ1v) is 8.50. The summed E-state index contributed by atoms with van der Waals surface area (Å²) in [7, 11) is 0. The Morgan fingerprint density at radius 3 is 2.60 bits per heavy atom. The molecule has 0 radical (unpaired) electrons. The number of hydrogen-bond acceptors (Lipinski definition) is 1. The normalized spacial score (nSPS) is 14.9. The summed E-state index contributed by atoms with van der Waals surface area (Å²) in [6.07, 6.45) is 5.38. The van der Waals surface area contributed by atoms with Gasteiger partial charge >= 0.3 is 0 Å². The van der Waals surface area contributed by atoms with E-state index >= 15 is 0 Å². The van der Waals surface area contributed by atoms with Gasteiger partial charge in [-0.05, 0) is 40.9 Å². The maximum absolute atomic E-state index is 3.68. The smallest absolute Gasteiger partial charge is 0.0254 e. The van der Waals surface area contributed by atoms with Crippen molar-refractivity contribution < 1.29 is 0 Å². The molecule has 1 aliphatic rings. The zero-order valence-corrected chi connectivity index (χ0v) is 13.7. The molecule has 106 valence electrons. The van der Waals surface area contributed by atoms with E-state index in [0.29, 0.717) is 0 Å². The zero-order valence-electron chi connectivity index (χ0n) is 12.2. The van der Waals surface area contributed by atoms with Gasteiger partial charge in [0.25, 0.3) is 0 Å². The zero-order chi connectivity index (χ0) is 13.9. The lowest BCUT2D eigenvalue weighted by Gasteiger charge is -2.29. The van der Waals surface area contributed by atoms with Crippen LogP contribution in [0.25, 0.3) is 10.8 Å². The number of rotatable bonds is 5. The molecule has 0 saturated carbocycles. The maximum Gasteiger partial charge on any atom is 0.0254 e. The molecule has 0 fully saturated rings. The minimum absolute atomic E-state index is 1.10. The van der Waals surface area contributed by atoms with Crippen molar-refractivity contribution in [3.05, 3.63) is 45.9 Å². The van der Waals surface area contributed by atoms with E-state index < -0.39 is 0 Å². The van der Waals surface area contributed by atoms with E-state index in [2.05, 4.69) is 58.1 Å². The van der Waals surface area contributed by atoms with Crippen molar-refractivity contribution >= 4 is 26.7 Å². The lowest BCUT2D eigenvalue weighted by atomic mass is 9.95. The molecule has 0 bridgehead atoms. The van der Waals surface area contributed by atoms with Gasteiger partial charge in [0.1, 0.15) is 0 Å². The molecule has 0 spiro atoms. The molecule has 1 aliphatic heterocycles. The average molecular weight is 332 g/mol. The van der Waals surface area contributed by atoms with Gasteiger partial charge in [0.05, 0.1) is 0 Å². The van der Waals surface area contributed by atoms with Crippen LogP contribution in [0, 0.1) is 0 Å². The van der Waals surface area contributed by atoms with Gasteiger partial charge in [-0.1, -0.05) is 66.4 Å². The third kappa shape index (κ3) is 2.77. The highest BCUT2D eigenvalue weighted by molar-refractivity contribution is 9.10. The first kappa shape index (κ1) is 14.1. The van der Waals surface area contributed by atoms with E-state index in [4.69, 9.17) is 0 Å². The summed E-state index contributed by atoms with van der Waals surface area (Å²) in [5.41, 5.74) is 2.97. The fraction of sp³-hybridized carbons (Fsp3) is 0.444. The average Bonchev–Trinajstić information content (AvgIpc) is 2.47. The number of hydrogen-bond donors (Lipinski definition) is 0. The van der Waals surface area contributed by atoms with Gasteiger partial charge in [-0.15, -0.1) is 0 Å². The molecule has 2 aromatic carbocycles. The molecule has 0 aromatic heterocycles. The van der Waals surface area contributed by atoms with Crippen LogP contribution in [0.2, 0.25) is 0 Å². The van der Waals surface area contributed by atoms with Crippen LogP contribution in [0.4, 0.5) is 0 Å². The largest absolute Gasteiger partial charge is 0.295 e. The Morgan fingerprint density at radius 1 is 1.00 bits per heavy atom. The number of nitrogens with zero attached hydrogens (tertiary/aromatic N) is 1. The van der Waals surface area contributed by atoms with Crippen LogP contribution in [-0.4, -0.2) is 11.4 Å². The standard InChI is InChI=1S/C18H22BrN/c1-2-3-4-5-11-20-12-14-7-6-8-16-17(19)10-9-15(13-20)18(14)16/h6-10H,2-5,11-13H2,1H3. The number of benzene rings is 2. The van der Waals surface area contributed by atoms with Crippen LogP contribution in [0.1, 0.15) is 43.7 Å². The van der Waals surface area contributed by atoms with E-state index in [-0.39, 0.29) is 0 Å². The maximum atomic E-state index is 3.68. The summed E-state index contributed by atoms with van der Waals surface area (Å²) >= 11 is 3.68. The Balaban J connectivity index is 1.80. The number of halogens is 1. The van der Waals surface area contributed by atoms with Crippen molar-refractivity contribution in [2.45, 2.75) is 45.7 Å². The van der Waals surface area contributed by atoms with E-state index in [1.54, 1.807) is 0 Å². The molecule has 0 N–H and O–H groups in total. The number of unbranched alkanes of at least 4 members (excludes halogenated alkanes) is 3. The van der Waals surface area contributed by atoms with Crippen LogP contribution >= 0.6 is 15.9 Å². The van der Waals surface area contributed by atoms with Crippen molar-refractivity contribution in [2.75, 3.05) is 6.54 Å². The second kappa shape index (κ2) is 6.28. The first-order chi connectivity index (χ1) is 9.79. The highest BCUT2D eigenvalue weighted by Crippen LogP contribution is 2.34. The molecular formula is C18H22BrN. The van der Waals surface area contributed by atoms with Crippen molar-refractivity contribution in [1.82, 2.24) is 4.90 Å². The molecule has 1 heterocycles. The molecular weight excluding hydrogens is 310 g/mol. The van der Waals surface area contributed by atoms with Gasteiger partial charge in [0, 0.05) is 17.6 Å². The molecule has 0 saturated heterocycles. The third-order valence-electron chi connectivity index (χ3n) is 4.28. The quantitative estimate of drug-likeness (QED) is 0.654. The predicted molar refractivity (Wildman–Crippen MR) is 89.9 cm³/mol. The molecule has 20 heavy (non-hydrogen) atoms. The monoisotopic (exact) mass is 331 g/mol. The van der Waals surface area contributed by atoms with Crippen LogP contribution in [0.15, 0.2) is 34.8 Å². The Bertz CT molecular complexity index is 593. The van der Waals surface area contributed by atoms with E-state index in [1.807, 2.05) is 0 Å². The topological polar surface area (TPSA) is 3.24 Å². The van der Waals surface area contributed by atoms with Crippen molar-refractivity contribution in [2.24, 2.45) is 0 Å². The Kier molecular flexibility index (Phi) is 4.42. The summed E-state index contributed by atoms with van der Waals surface area (Å²) in [4.78, 5) is 2.60. The summed E-state index contributed by atoms with van der Waals surface area (Å²) in [5.74, 6) is 0. The van der Waals surface area contributed by atoms with Crippen molar-refractivity contribution in [3.63, 3.8) is 0 Å². The summed E-state index contributed by atoms with van der Waals surface area (Å²) < 4.78 is 1.22. The van der Waals surface area contributed by atoms with Crippen LogP contribution in [0.3, 0.4) is 0 Å².